The van der Waals surface area contributed by atoms with Crippen molar-refractivity contribution in [2.24, 2.45) is 11.3 Å². The molecular formula is C16H28N4. The van der Waals surface area contributed by atoms with Gasteiger partial charge in [0, 0.05) is 37.8 Å². The third kappa shape index (κ3) is 2.18. The molecule has 1 aliphatic carbocycles. The minimum atomic E-state index is 0.694. The Labute approximate surface area is 122 Å². The molecule has 0 unspecified atom stereocenters. The van der Waals surface area contributed by atoms with Crippen molar-refractivity contribution in [3.8, 4) is 0 Å². The van der Waals surface area contributed by atoms with Crippen LogP contribution in [0.5, 0.6) is 0 Å². The van der Waals surface area contributed by atoms with Crippen molar-refractivity contribution in [3.63, 3.8) is 0 Å². The van der Waals surface area contributed by atoms with Gasteiger partial charge in [0.05, 0.1) is 0 Å². The molecule has 0 atom stereocenters. The van der Waals surface area contributed by atoms with E-state index in [9.17, 15) is 0 Å². The maximum absolute atomic E-state index is 3.55. The summed E-state index contributed by atoms with van der Waals surface area (Å²) in [5.74, 6) is 0.786. The molecule has 0 aromatic heterocycles. The van der Waals surface area contributed by atoms with E-state index in [1.165, 1.54) is 64.0 Å². The molecule has 4 nitrogen and oxygen atoms in total. The first kappa shape index (κ1) is 13.1. The summed E-state index contributed by atoms with van der Waals surface area (Å²) in [6.07, 6.45) is 9.40. The smallest absolute Gasteiger partial charge is 0.0351 e. The van der Waals surface area contributed by atoms with Crippen molar-refractivity contribution in [2.45, 2.75) is 38.1 Å². The Balaban J connectivity index is 1.28. The normalized spacial score (nSPS) is 39.4. The fraction of sp³-hybridized carbons (Fsp3) is 0.875. The molecule has 2 saturated heterocycles. The second-order valence-electron chi connectivity index (χ2n) is 7.35. The molecule has 3 aliphatic heterocycles. The zero-order valence-corrected chi connectivity index (χ0v) is 12.7. The highest BCUT2D eigenvalue weighted by molar-refractivity contribution is 5.11. The van der Waals surface area contributed by atoms with Crippen LogP contribution in [0.1, 0.15) is 32.1 Å². The molecule has 0 aromatic carbocycles. The van der Waals surface area contributed by atoms with Gasteiger partial charge < -0.3 is 15.2 Å². The van der Waals surface area contributed by atoms with Gasteiger partial charge in [0.2, 0.25) is 0 Å². The highest BCUT2D eigenvalue weighted by Crippen LogP contribution is 2.48. The Morgan fingerprint density at radius 1 is 1.25 bits per heavy atom. The maximum atomic E-state index is 3.55. The number of hydrogen-bond donors (Lipinski definition) is 2. The molecule has 20 heavy (non-hydrogen) atoms. The number of nitrogens with zero attached hydrogens (tertiary/aromatic N) is 2. The molecule has 4 rings (SSSR count). The summed E-state index contributed by atoms with van der Waals surface area (Å²) in [4.78, 5) is 2.78. The zero-order valence-electron chi connectivity index (χ0n) is 12.7. The molecule has 112 valence electrons. The summed E-state index contributed by atoms with van der Waals surface area (Å²) in [6.45, 7) is 6.17. The van der Waals surface area contributed by atoms with Gasteiger partial charge in [-0.15, -0.1) is 0 Å². The van der Waals surface area contributed by atoms with Crippen LogP contribution in [0, 0.1) is 11.3 Å². The van der Waals surface area contributed by atoms with Crippen LogP contribution in [0.2, 0.25) is 0 Å². The minimum Gasteiger partial charge on any atom is -0.316 e. The Morgan fingerprint density at radius 2 is 2.05 bits per heavy atom. The summed E-state index contributed by atoms with van der Waals surface area (Å²) in [6, 6.07) is 0.893. The van der Waals surface area contributed by atoms with Gasteiger partial charge in [-0.1, -0.05) is 0 Å². The van der Waals surface area contributed by atoms with Gasteiger partial charge in [-0.05, 0) is 63.2 Å². The molecule has 2 N–H and O–H groups in total. The molecule has 1 spiro atoms. The van der Waals surface area contributed by atoms with E-state index >= 15 is 0 Å². The molecule has 4 aliphatic rings. The van der Waals surface area contributed by atoms with E-state index in [0.717, 1.165) is 18.5 Å². The topological polar surface area (TPSA) is 30.5 Å². The number of allylic oxidation sites excluding steroid dienone is 1. The van der Waals surface area contributed by atoms with Gasteiger partial charge in [-0.25, -0.2) is 5.43 Å². The lowest BCUT2D eigenvalue weighted by Gasteiger charge is -2.51. The number of nitrogens with one attached hydrogen (secondary N) is 2. The van der Waals surface area contributed by atoms with E-state index in [2.05, 4.69) is 33.8 Å². The Bertz CT molecular complexity index is 383. The predicted molar refractivity (Wildman–Crippen MR) is 81.1 cm³/mol. The highest BCUT2D eigenvalue weighted by Gasteiger charge is 2.48. The summed E-state index contributed by atoms with van der Waals surface area (Å²) in [5.41, 5.74) is 5.61. The van der Waals surface area contributed by atoms with Crippen LogP contribution in [0.25, 0.3) is 0 Å². The van der Waals surface area contributed by atoms with Crippen LogP contribution < -0.4 is 10.7 Å². The Morgan fingerprint density at radius 3 is 2.65 bits per heavy atom. The van der Waals surface area contributed by atoms with Crippen molar-refractivity contribution in [1.82, 2.24) is 20.7 Å². The zero-order chi connectivity index (χ0) is 13.6. The fourth-order valence-corrected chi connectivity index (χ4v) is 4.86. The van der Waals surface area contributed by atoms with Gasteiger partial charge in [-0.3, -0.25) is 0 Å². The van der Waals surface area contributed by atoms with Crippen molar-refractivity contribution >= 4 is 0 Å². The first-order chi connectivity index (χ1) is 9.76. The Hall–Kier alpha value is -0.580. The first-order valence-electron chi connectivity index (χ1n) is 8.38. The van der Waals surface area contributed by atoms with Crippen molar-refractivity contribution in [1.29, 1.82) is 0 Å². The molecule has 3 fully saturated rings. The van der Waals surface area contributed by atoms with E-state index < -0.39 is 0 Å². The third-order valence-corrected chi connectivity index (χ3v) is 6.16. The standard InChI is InChI=1S/C16H28N4/c1-19-15(2-6-18-19)13-3-8-20(9-4-13)14-10-16(11-14)5-7-17-12-16/h2,13-14,17-18H,3-12H2,1H3. The summed E-state index contributed by atoms with van der Waals surface area (Å²) in [7, 11) is 2.16. The number of likely N-dealkylation sites (tertiary alicyclic amines) is 1. The largest absolute Gasteiger partial charge is 0.316 e. The molecule has 0 aromatic rings. The van der Waals surface area contributed by atoms with Crippen LogP contribution >= 0.6 is 0 Å². The van der Waals surface area contributed by atoms with Crippen LogP contribution in [-0.2, 0) is 0 Å². The van der Waals surface area contributed by atoms with E-state index in [1.54, 1.807) is 0 Å². The van der Waals surface area contributed by atoms with Crippen LogP contribution in [-0.4, -0.2) is 55.7 Å². The lowest BCUT2D eigenvalue weighted by Crippen LogP contribution is -2.54. The van der Waals surface area contributed by atoms with E-state index in [-0.39, 0.29) is 0 Å². The second kappa shape index (κ2) is 5.00. The quantitative estimate of drug-likeness (QED) is 0.793. The number of piperidine rings is 1. The summed E-state index contributed by atoms with van der Waals surface area (Å²) >= 11 is 0. The molecule has 0 amide bonds. The summed E-state index contributed by atoms with van der Waals surface area (Å²) in [5, 5.41) is 5.79. The number of hydrogen-bond acceptors (Lipinski definition) is 4. The number of hydrazine groups is 1. The van der Waals surface area contributed by atoms with Crippen molar-refractivity contribution in [2.75, 3.05) is 39.8 Å². The van der Waals surface area contributed by atoms with E-state index in [1.807, 2.05) is 0 Å². The molecular weight excluding hydrogens is 248 g/mol. The van der Waals surface area contributed by atoms with Crippen LogP contribution in [0.15, 0.2) is 11.8 Å². The third-order valence-electron chi connectivity index (χ3n) is 6.16. The lowest BCUT2D eigenvalue weighted by molar-refractivity contribution is -0.00254. The minimum absolute atomic E-state index is 0.694. The average molecular weight is 276 g/mol. The van der Waals surface area contributed by atoms with Gasteiger partial charge in [0.1, 0.15) is 0 Å². The Kier molecular flexibility index (Phi) is 3.28. The monoisotopic (exact) mass is 276 g/mol. The van der Waals surface area contributed by atoms with Gasteiger partial charge in [0.15, 0.2) is 0 Å². The van der Waals surface area contributed by atoms with Crippen LogP contribution in [0.4, 0.5) is 0 Å². The molecule has 1 saturated carbocycles. The molecule has 0 bridgehead atoms. The van der Waals surface area contributed by atoms with E-state index in [4.69, 9.17) is 0 Å². The average Bonchev–Trinajstić information content (AvgIpc) is 3.06. The summed E-state index contributed by atoms with van der Waals surface area (Å²) < 4.78 is 0. The van der Waals surface area contributed by atoms with Crippen molar-refractivity contribution < 1.29 is 0 Å². The maximum Gasteiger partial charge on any atom is 0.0351 e. The predicted octanol–water partition coefficient (Wildman–Crippen LogP) is 1.17. The molecule has 3 heterocycles. The SMILES string of the molecule is CN1NCC=C1C1CCN(C2CC3(CCNC3)C2)CC1. The highest BCUT2D eigenvalue weighted by atomic mass is 15.5. The van der Waals surface area contributed by atoms with Crippen molar-refractivity contribution in [3.05, 3.63) is 11.8 Å². The molecule has 0 radical (unpaired) electrons. The first-order valence-corrected chi connectivity index (χ1v) is 8.38. The van der Waals surface area contributed by atoms with Gasteiger partial charge in [0.25, 0.3) is 0 Å². The number of rotatable bonds is 2. The van der Waals surface area contributed by atoms with E-state index in [0.29, 0.717) is 5.41 Å². The lowest BCUT2D eigenvalue weighted by atomic mass is 9.64. The molecule has 4 heteroatoms. The van der Waals surface area contributed by atoms with Gasteiger partial charge in [-0.2, -0.15) is 0 Å². The fourth-order valence-electron chi connectivity index (χ4n) is 4.86. The second-order valence-corrected chi connectivity index (χ2v) is 7.35. The van der Waals surface area contributed by atoms with Crippen LogP contribution in [0.3, 0.4) is 0 Å². The van der Waals surface area contributed by atoms with Gasteiger partial charge >= 0.3 is 0 Å².